The Morgan fingerprint density at radius 1 is 0.357 bits per heavy atom. The molecule has 0 aromatic rings. The molecule has 1 atom stereocenters. The molecule has 0 saturated carbocycles. The molecule has 23 nitrogen and oxygen atoms in total. The quantitative estimate of drug-likeness (QED) is 0.0641. The van der Waals surface area contributed by atoms with Crippen molar-refractivity contribution < 1.29 is 69.3 Å². The molecule has 1 amide bonds. The lowest BCUT2D eigenvalue weighted by Gasteiger charge is -2.34. The monoisotopic (exact) mass is 805 g/mol. The van der Waals surface area contributed by atoms with E-state index in [2.05, 4.69) is 5.32 Å². The maximum Gasteiger partial charge on any atom is 0.317 e. The third-order valence-electron chi connectivity index (χ3n) is 9.38. The fourth-order valence-corrected chi connectivity index (χ4v) is 6.45. The molecule has 2 fully saturated rings. The summed E-state index contributed by atoms with van der Waals surface area (Å²) in [4.78, 5) is 95.8. The zero-order chi connectivity index (χ0) is 41.6. The number of carboxylic acids is 6. The van der Waals surface area contributed by atoms with Crippen molar-refractivity contribution in [2.75, 3.05) is 164 Å². The Kier molecular flexibility index (Phi) is 22.3. The summed E-state index contributed by atoms with van der Waals surface area (Å²) in [6, 6.07) is 0. The first-order valence-corrected chi connectivity index (χ1v) is 18.5. The van der Waals surface area contributed by atoms with Gasteiger partial charge in [-0.05, 0) is 0 Å². The van der Waals surface area contributed by atoms with Crippen LogP contribution in [0.2, 0.25) is 0 Å². The minimum absolute atomic E-state index is 0.0597. The van der Waals surface area contributed by atoms with Gasteiger partial charge in [0.25, 0.3) is 0 Å². The van der Waals surface area contributed by atoms with Gasteiger partial charge in [-0.2, -0.15) is 0 Å². The van der Waals surface area contributed by atoms with Crippen molar-refractivity contribution in [3.63, 3.8) is 0 Å². The number of aliphatic hydroxyl groups excluding tert-OH is 1. The first-order chi connectivity index (χ1) is 26.5. The predicted molar refractivity (Wildman–Crippen MR) is 196 cm³/mol. The van der Waals surface area contributed by atoms with E-state index in [1.807, 2.05) is 4.90 Å². The fraction of sp³-hybridized carbons (Fsp3) is 0.788. The minimum atomic E-state index is -1.07. The molecule has 0 aliphatic carbocycles. The molecule has 2 rings (SSSR count). The molecule has 0 spiro atoms. The van der Waals surface area contributed by atoms with Crippen LogP contribution in [0.1, 0.15) is 0 Å². The second kappa shape index (κ2) is 26.0. The van der Waals surface area contributed by atoms with E-state index in [-0.39, 0.29) is 151 Å². The Labute approximate surface area is 325 Å². The van der Waals surface area contributed by atoms with Gasteiger partial charge in [-0.25, -0.2) is 0 Å². The van der Waals surface area contributed by atoms with Crippen LogP contribution in [0.25, 0.3) is 0 Å². The number of nitrogens with one attached hydrogen (secondary N) is 1. The van der Waals surface area contributed by atoms with Crippen LogP contribution in [0.4, 0.5) is 0 Å². The number of amides is 1. The summed E-state index contributed by atoms with van der Waals surface area (Å²) >= 11 is 0. The van der Waals surface area contributed by atoms with Crippen LogP contribution in [-0.4, -0.2) is 286 Å². The van der Waals surface area contributed by atoms with E-state index in [4.69, 9.17) is 0 Å². The Hall–Kier alpha value is -4.07. The molecule has 2 aliphatic rings. The molecule has 1 unspecified atom stereocenters. The lowest BCUT2D eigenvalue weighted by atomic mass is 10.2. The highest BCUT2D eigenvalue weighted by atomic mass is 16.4. The molecule has 0 radical (unpaired) electrons. The zero-order valence-electron chi connectivity index (χ0n) is 31.8. The van der Waals surface area contributed by atoms with Gasteiger partial charge in [0.1, 0.15) is 0 Å². The maximum atomic E-state index is 13.2. The summed E-state index contributed by atoms with van der Waals surface area (Å²) in [5.41, 5.74) is 0. The first kappa shape index (κ1) is 48.1. The molecule has 2 saturated heterocycles. The van der Waals surface area contributed by atoms with Crippen LogP contribution in [0, 0.1) is 0 Å². The van der Waals surface area contributed by atoms with Crippen LogP contribution in [0.3, 0.4) is 0 Å². The van der Waals surface area contributed by atoms with E-state index in [1.165, 1.54) is 0 Å². The average Bonchev–Trinajstić information content (AvgIpc) is 3.08. The Morgan fingerprint density at radius 3 is 0.768 bits per heavy atom. The van der Waals surface area contributed by atoms with Crippen molar-refractivity contribution in [2.45, 2.75) is 6.10 Å². The molecular weight excluding hydrogens is 746 g/mol. The molecule has 320 valence electrons. The summed E-state index contributed by atoms with van der Waals surface area (Å²) in [7, 11) is 0. The lowest BCUT2D eigenvalue weighted by Crippen LogP contribution is -2.51. The van der Waals surface area contributed by atoms with Gasteiger partial charge < -0.3 is 41.1 Å². The van der Waals surface area contributed by atoms with Crippen molar-refractivity contribution in [3.05, 3.63) is 0 Å². The van der Waals surface area contributed by atoms with Crippen LogP contribution in [0.15, 0.2) is 0 Å². The molecule has 0 aromatic carbocycles. The van der Waals surface area contributed by atoms with Gasteiger partial charge >= 0.3 is 35.8 Å². The topological polar surface area (TPSA) is 299 Å². The number of hydrogen-bond donors (Lipinski definition) is 8. The van der Waals surface area contributed by atoms with E-state index < -0.39 is 47.8 Å². The van der Waals surface area contributed by atoms with Crippen molar-refractivity contribution in [3.8, 4) is 0 Å². The molecular formula is C33H59N9O14. The van der Waals surface area contributed by atoms with Gasteiger partial charge in [0.2, 0.25) is 5.91 Å². The smallest absolute Gasteiger partial charge is 0.317 e. The number of carboxylic acid groups (broad SMARTS) is 6. The second-order valence-electron chi connectivity index (χ2n) is 14.1. The number of carbonyl (C=O) groups excluding carboxylic acids is 1. The Bertz CT molecular complexity index is 1230. The Morgan fingerprint density at radius 2 is 0.554 bits per heavy atom. The molecule has 23 heteroatoms. The number of aliphatic carboxylic acids is 6. The van der Waals surface area contributed by atoms with E-state index in [0.29, 0.717) is 13.1 Å². The standard InChI is InChI=1S/C33H59N9O14/c43-26(18-35-1-5-37(20-28(45)46)9-13-41(24-32(53)54)14-10-38(6-2-35)21-29(47)48)17-34-27(44)19-36-3-7-39(22-30(49)50)11-15-42(25-33(55)56)16-12-40(8-4-36)23-31(51)52/h26,43H,1-25H2,(H,34,44)(H,45,46)(H,47,48)(H,49,50)(H,51,52)(H,53,54)(H,55,56). The van der Waals surface area contributed by atoms with Gasteiger partial charge in [0.15, 0.2) is 0 Å². The highest BCUT2D eigenvalue weighted by molar-refractivity contribution is 5.78. The van der Waals surface area contributed by atoms with Gasteiger partial charge in [0.05, 0.1) is 51.9 Å². The molecule has 0 bridgehead atoms. The summed E-state index contributed by atoms with van der Waals surface area (Å²) in [5, 5.41) is 70.2. The number of β-amino-alcohol motifs (C(OH)–C–C–N with tert-alkyl or cyclic N) is 1. The summed E-state index contributed by atoms with van der Waals surface area (Å²) in [6.07, 6.45) is -1.07. The maximum absolute atomic E-state index is 13.2. The van der Waals surface area contributed by atoms with Crippen molar-refractivity contribution in [2.24, 2.45) is 0 Å². The van der Waals surface area contributed by atoms with Gasteiger partial charge in [0, 0.05) is 118 Å². The van der Waals surface area contributed by atoms with E-state index >= 15 is 0 Å². The summed E-state index contributed by atoms with van der Waals surface area (Å²) < 4.78 is 0. The molecule has 56 heavy (non-hydrogen) atoms. The Balaban J connectivity index is 2.09. The molecule has 2 aliphatic heterocycles. The number of aliphatic hydroxyl groups is 1. The van der Waals surface area contributed by atoms with Crippen molar-refractivity contribution in [1.29, 1.82) is 0 Å². The van der Waals surface area contributed by atoms with Crippen LogP contribution >= 0.6 is 0 Å². The van der Waals surface area contributed by atoms with E-state index in [9.17, 15) is 69.3 Å². The van der Waals surface area contributed by atoms with Gasteiger partial charge in [-0.3, -0.25) is 72.8 Å². The van der Waals surface area contributed by atoms with Crippen molar-refractivity contribution >= 4 is 41.7 Å². The predicted octanol–water partition coefficient (Wildman–Crippen LogP) is -5.59. The molecule has 8 N–H and O–H groups in total. The number of hydrogen-bond acceptors (Lipinski definition) is 16. The van der Waals surface area contributed by atoms with E-state index in [1.54, 1.807) is 34.3 Å². The summed E-state index contributed by atoms with van der Waals surface area (Å²) in [5.74, 6) is -6.84. The third-order valence-corrected chi connectivity index (χ3v) is 9.38. The average molecular weight is 806 g/mol. The highest BCUT2D eigenvalue weighted by Crippen LogP contribution is 2.04. The minimum Gasteiger partial charge on any atom is -0.480 e. The first-order valence-electron chi connectivity index (χ1n) is 18.5. The zero-order valence-corrected chi connectivity index (χ0v) is 31.8. The third kappa shape index (κ3) is 22.5. The number of rotatable bonds is 18. The van der Waals surface area contributed by atoms with Gasteiger partial charge in [-0.1, -0.05) is 0 Å². The van der Waals surface area contributed by atoms with Crippen LogP contribution < -0.4 is 5.32 Å². The van der Waals surface area contributed by atoms with Crippen LogP contribution in [-0.2, 0) is 33.6 Å². The van der Waals surface area contributed by atoms with E-state index in [0.717, 1.165) is 0 Å². The SMILES string of the molecule is O=C(O)CN1CCN(CC(=O)O)CCN(CC(=O)NCC(O)CN2CCN(CC(=O)O)CCN(CC(=O)O)CCN(CC(=O)O)CC2)CCN(CC(=O)O)CC1. The highest BCUT2D eigenvalue weighted by Gasteiger charge is 2.24. The lowest BCUT2D eigenvalue weighted by molar-refractivity contribution is -0.140. The molecule has 0 aromatic heterocycles. The number of carbonyl (C=O) groups is 7. The van der Waals surface area contributed by atoms with Gasteiger partial charge in [-0.15, -0.1) is 0 Å². The fourth-order valence-electron chi connectivity index (χ4n) is 6.45. The second-order valence-corrected chi connectivity index (χ2v) is 14.1. The largest absolute Gasteiger partial charge is 0.480 e. The molecule has 2 heterocycles. The number of nitrogens with zero attached hydrogens (tertiary/aromatic N) is 8. The van der Waals surface area contributed by atoms with Crippen LogP contribution in [0.5, 0.6) is 0 Å². The summed E-state index contributed by atoms with van der Waals surface area (Å²) in [6.45, 7) is 1.93. The normalized spacial score (nSPS) is 20.4. The van der Waals surface area contributed by atoms with Crippen molar-refractivity contribution in [1.82, 2.24) is 44.5 Å².